The third-order valence-electron chi connectivity index (χ3n) is 7.74. The smallest absolute Gasteiger partial charge is 0.149 e. The largest absolute Gasteiger partial charge is 0.381 e. The molecular formula is C25H35N7O2S. The monoisotopic (exact) mass is 497 g/mol. The van der Waals surface area contributed by atoms with Crippen molar-refractivity contribution in [2.45, 2.75) is 62.9 Å². The standard InChI is InChI=1S/C25H35N7O2S/c1-31-16-17(15-26-31)14-21-28-24(22-23(30-35-25(22)29-21)18-6-10-33-11-7-18)27-19-2-4-20(5-3-19)32-8-12-34-13-9-32/h15-16,18-20H,2-14H2,1H3,(H,27,28,29). The maximum Gasteiger partial charge on any atom is 0.149 e. The number of rotatable bonds is 6. The van der Waals surface area contributed by atoms with Crippen molar-refractivity contribution in [1.29, 1.82) is 0 Å². The summed E-state index contributed by atoms with van der Waals surface area (Å²) < 4.78 is 17.9. The van der Waals surface area contributed by atoms with Crippen LogP contribution in [0.4, 0.5) is 5.82 Å². The number of nitrogens with one attached hydrogen (secondary N) is 1. The number of anilines is 1. The van der Waals surface area contributed by atoms with Crippen molar-refractivity contribution in [2.75, 3.05) is 44.8 Å². The molecule has 3 aromatic rings. The zero-order chi connectivity index (χ0) is 23.6. The second-order valence-corrected chi connectivity index (χ2v) is 10.9. The predicted molar refractivity (Wildman–Crippen MR) is 136 cm³/mol. The second kappa shape index (κ2) is 10.5. The van der Waals surface area contributed by atoms with E-state index in [4.69, 9.17) is 23.8 Å². The molecule has 3 aromatic heterocycles. The lowest BCUT2D eigenvalue weighted by atomic mass is 9.89. The van der Waals surface area contributed by atoms with Crippen molar-refractivity contribution >= 4 is 27.6 Å². The molecule has 1 aliphatic carbocycles. The van der Waals surface area contributed by atoms with Gasteiger partial charge in [0.05, 0.1) is 30.5 Å². The molecule has 0 amide bonds. The van der Waals surface area contributed by atoms with Gasteiger partial charge in [-0.3, -0.25) is 9.58 Å². The van der Waals surface area contributed by atoms with Crippen LogP contribution in [-0.4, -0.2) is 80.6 Å². The van der Waals surface area contributed by atoms with E-state index in [9.17, 15) is 0 Å². The summed E-state index contributed by atoms with van der Waals surface area (Å²) in [5.41, 5.74) is 2.28. The van der Waals surface area contributed by atoms with Gasteiger partial charge in [0.1, 0.15) is 16.5 Å². The molecule has 0 bridgehead atoms. The molecule has 5 heterocycles. The predicted octanol–water partition coefficient (Wildman–Crippen LogP) is 3.36. The van der Waals surface area contributed by atoms with Crippen molar-refractivity contribution in [3.05, 3.63) is 29.5 Å². The fraction of sp³-hybridized carbons (Fsp3) is 0.680. The highest BCUT2D eigenvalue weighted by Gasteiger charge is 2.29. The average Bonchev–Trinajstić information content (AvgIpc) is 3.51. The minimum atomic E-state index is 0.419. The van der Waals surface area contributed by atoms with Gasteiger partial charge in [-0.15, -0.1) is 0 Å². The molecule has 3 fully saturated rings. The van der Waals surface area contributed by atoms with E-state index in [-0.39, 0.29) is 0 Å². The van der Waals surface area contributed by atoms with Crippen LogP contribution in [0.3, 0.4) is 0 Å². The van der Waals surface area contributed by atoms with Crippen molar-refractivity contribution in [1.82, 2.24) is 29.0 Å². The molecule has 10 heteroatoms. The number of aryl methyl sites for hydroxylation is 1. The first-order chi connectivity index (χ1) is 17.2. The molecule has 35 heavy (non-hydrogen) atoms. The van der Waals surface area contributed by atoms with Gasteiger partial charge in [0.2, 0.25) is 0 Å². The Balaban J connectivity index is 1.25. The van der Waals surface area contributed by atoms with Crippen molar-refractivity contribution in [2.24, 2.45) is 7.05 Å². The van der Waals surface area contributed by atoms with Gasteiger partial charge in [0.25, 0.3) is 0 Å². The van der Waals surface area contributed by atoms with Gasteiger partial charge >= 0.3 is 0 Å². The van der Waals surface area contributed by atoms with Crippen LogP contribution in [0.25, 0.3) is 10.2 Å². The summed E-state index contributed by atoms with van der Waals surface area (Å²) in [7, 11) is 1.94. The number of ether oxygens (including phenoxy) is 2. The minimum absolute atomic E-state index is 0.419. The first-order valence-electron chi connectivity index (χ1n) is 13.0. The van der Waals surface area contributed by atoms with E-state index in [1.54, 1.807) is 0 Å². The Morgan fingerprint density at radius 3 is 2.51 bits per heavy atom. The fourth-order valence-electron chi connectivity index (χ4n) is 5.82. The molecule has 1 N–H and O–H groups in total. The lowest BCUT2D eigenvalue weighted by molar-refractivity contribution is 0.00791. The molecule has 0 aromatic carbocycles. The minimum Gasteiger partial charge on any atom is -0.381 e. The summed E-state index contributed by atoms with van der Waals surface area (Å²) in [4.78, 5) is 13.6. The van der Waals surface area contributed by atoms with Crippen LogP contribution < -0.4 is 5.32 Å². The SMILES string of the molecule is Cn1cc(Cc2nc(NC3CCC(N4CCOCC4)CC3)c3c(C4CCOCC4)nsc3n2)cn1. The first kappa shape index (κ1) is 23.3. The molecule has 0 spiro atoms. The molecule has 2 aliphatic heterocycles. The van der Waals surface area contributed by atoms with E-state index >= 15 is 0 Å². The van der Waals surface area contributed by atoms with E-state index in [1.807, 2.05) is 24.1 Å². The number of morpholine rings is 1. The van der Waals surface area contributed by atoms with Crippen LogP contribution in [0, 0.1) is 0 Å². The summed E-state index contributed by atoms with van der Waals surface area (Å²) in [6, 6.07) is 1.11. The van der Waals surface area contributed by atoms with E-state index in [0.717, 1.165) is 98.3 Å². The van der Waals surface area contributed by atoms with Gasteiger partial charge < -0.3 is 14.8 Å². The summed E-state index contributed by atoms with van der Waals surface area (Å²) in [5, 5.41) is 9.31. The zero-order valence-electron chi connectivity index (χ0n) is 20.5. The number of hydrogen-bond donors (Lipinski definition) is 1. The van der Waals surface area contributed by atoms with Gasteiger partial charge in [0.15, 0.2) is 0 Å². The summed E-state index contributed by atoms with van der Waals surface area (Å²) in [5.74, 6) is 2.22. The zero-order valence-corrected chi connectivity index (χ0v) is 21.3. The summed E-state index contributed by atoms with van der Waals surface area (Å²) in [6.45, 7) is 5.49. The Hall–Kier alpha value is -2.14. The molecule has 6 rings (SSSR count). The van der Waals surface area contributed by atoms with Crippen LogP contribution in [0.15, 0.2) is 12.4 Å². The van der Waals surface area contributed by atoms with Crippen LogP contribution in [-0.2, 0) is 22.9 Å². The van der Waals surface area contributed by atoms with E-state index < -0.39 is 0 Å². The van der Waals surface area contributed by atoms with Crippen LogP contribution in [0.2, 0.25) is 0 Å². The summed E-state index contributed by atoms with van der Waals surface area (Å²) in [6.07, 6.45) is 11.4. The van der Waals surface area contributed by atoms with Crippen molar-refractivity contribution in [3.63, 3.8) is 0 Å². The first-order valence-corrected chi connectivity index (χ1v) is 13.8. The van der Waals surface area contributed by atoms with Gasteiger partial charge in [-0.25, -0.2) is 9.97 Å². The summed E-state index contributed by atoms with van der Waals surface area (Å²) >= 11 is 1.51. The molecule has 188 valence electrons. The third-order valence-corrected chi connectivity index (χ3v) is 8.49. The van der Waals surface area contributed by atoms with Crippen LogP contribution in [0.5, 0.6) is 0 Å². The Morgan fingerprint density at radius 2 is 1.77 bits per heavy atom. The highest BCUT2D eigenvalue weighted by molar-refractivity contribution is 7.13. The molecule has 0 unspecified atom stereocenters. The molecule has 3 aliphatic rings. The molecule has 9 nitrogen and oxygen atoms in total. The molecule has 2 saturated heterocycles. The fourth-order valence-corrected chi connectivity index (χ4v) is 6.68. The van der Waals surface area contributed by atoms with Crippen LogP contribution >= 0.6 is 11.5 Å². The molecule has 1 saturated carbocycles. The Labute approximate surface area is 210 Å². The number of fused-ring (bicyclic) bond motifs is 1. The van der Waals surface area contributed by atoms with E-state index in [1.165, 1.54) is 24.4 Å². The lowest BCUT2D eigenvalue weighted by Gasteiger charge is -2.39. The number of nitrogens with zero attached hydrogens (tertiary/aromatic N) is 6. The quantitative estimate of drug-likeness (QED) is 0.555. The van der Waals surface area contributed by atoms with Crippen molar-refractivity contribution in [3.8, 4) is 0 Å². The molecule has 0 atom stereocenters. The Bertz CT molecular complexity index is 1130. The van der Waals surface area contributed by atoms with Gasteiger partial charge in [-0.05, 0) is 55.6 Å². The second-order valence-electron chi connectivity index (χ2n) is 10.1. The highest BCUT2D eigenvalue weighted by atomic mass is 32.1. The van der Waals surface area contributed by atoms with Crippen LogP contribution in [0.1, 0.15) is 61.5 Å². The van der Waals surface area contributed by atoms with Gasteiger partial charge in [-0.1, -0.05) is 0 Å². The van der Waals surface area contributed by atoms with Gasteiger partial charge in [-0.2, -0.15) is 9.47 Å². The lowest BCUT2D eigenvalue weighted by Crippen LogP contribution is -2.46. The number of aromatic nitrogens is 5. The number of hydrogen-bond acceptors (Lipinski definition) is 9. The maximum absolute atomic E-state index is 5.62. The molecule has 0 radical (unpaired) electrons. The van der Waals surface area contributed by atoms with E-state index in [0.29, 0.717) is 24.4 Å². The highest BCUT2D eigenvalue weighted by Crippen LogP contribution is 2.37. The average molecular weight is 498 g/mol. The maximum atomic E-state index is 5.62. The van der Waals surface area contributed by atoms with Gasteiger partial charge in [0, 0.05) is 64.0 Å². The Kier molecular flexibility index (Phi) is 6.95. The Morgan fingerprint density at radius 1 is 1.00 bits per heavy atom. The van der Waals surface area contributed by atoms with Crippen molar-refractivity contribution < 1.29 is 9.47 Å². The molecular weight excluding hydrogens is 462 g/mol. The van der Waals surface area contributed by atoms with E-state index in [2.05, 4.69) is 15.3 Å². The topological polar surface area (TPSA) is 90.2 Å². The third kappa shape index (κ3) is 5.21. The normalized spacial score (nSPS) is 24.7.